The molecule has 11 atom stereocenters. The van der Waals surface area contributed by atoms with E-state index >= 15 is 4.39 Å². The van der Waals surface area contributed by atoms with Gasteiger partial charge in [-0.15, -0.1) is 0 Å². The largest absolute Gasteiger partial charge is 0.480 e. The van der Waals surface area contributed by atoms with E-state index in [9.17, 15) is 40.5 Å². The third kappa shape index (κ3) is 4.59. The van der Waals surface area contributed by atoms with Gasteiger partial charge in [-0.2, -0.15) is 0 Å². The van der Waals surface area contributed by atoms with E-state index in [2.05, 4.69) is 0 Å². The van der Waals surface area contributed by atoms with Crippen molar-refractivity contribution in [3.05, 3.63) is 0 Å². The summed E-state index contributed by atoms with van der Waals surface area (Å²) in [7, 11) is 0. The Hall–Kier alpha value is -1.00. The van der Waals surface area contributed by atoms with Gasteiger partial charge in [0, 0.05) is 0 Å². The molecular formula is C15H25FO12. The van der Waals surface area contributed by atoms with Gasteiger partial charge in [0.05, 0.1) is 13.2 Å². The average Bonchev–Trinajstić information content (AvgIpc) is 2.66. The second-order valence-corrected chi connectivity index (χ2v) is 6.71. The van der Waals surface area contributed by atoms with E-state index in [0.717, 1.165) is 0 Å². The van der Waals surface area contributed by atoms with Crippen LogP contribution in [-0.2, 0) is 19.0 Å². The van der Waals surface area contributed by atoms with Crippen LogP contribution < -0.4 is 0 Å². The summed E-state index contributed by atoms with van der Waals surface area (Å²) in [6.45, 7) is -2.55. The van der Waals surface area contributed by atoms with Crippen LogP contribution >= 0.6 is 0 Å². The van der Waals surface area contributed by atoms with Gasteiger partial charge in [-0.1, -0.05) is 0 Å². The van der Waals surface area contributed by atoms with Crippen LogP contribution in [0.4, 0.5) is 4.39 Å². The van der Waals surface area contributed by atoms with Crippen LogP contribution in [-0.4, -0.2) is 134 Å². The molecule has 2 rings (SSSR count). The van der Waals surface area contributed by atoms with Gasteiger partial charge in [-0.3, -0.25) is 0 Å². The first-order chi connectivity index (χ1) is 13.1. The number of hydrogen-bond acceptors (Lipinski definition) is 11. The summed E-state index contributed by atoms with van der Waals surface area (Å²) in [5.74, 6) is -1.42. The van der Waals surface area contributed by atoms with E-state index in [1.54, 1.807) is 0 Å². The number of hydrogen-bond donors (Lipinski definition) is 8. The number of carboxylic acids is 1. The molecule has 8 N–H and O–H groups in total. The first-order valence-electron chi connectivity index (χ1n) is 8.54. The predicted molar refractivity (Wildman–Crippen MR) is 83.8 cm³/mol. The maximum Gasteiger partial charge on any atom is 0.329 e. The summed E-state index contributed by atoms with van der Waals surface area (Å²) in [6.07, 6.45) is -19.7. The molecule has 0 amide bonds. The molecule has 0 saturated carbocycles. The lowest BCUT2D eigenvalue weighted by Gasteiger charge is -2.47. The van der Waals surface area contributed by atoms with Crippen molar-refractivity contribution >= 4 is 5.97 Å². The Balaban J connectivity index is 2.21. The van der Waals surface area contributed by atoms with E-state index in [0.29, 0.717) is 0 Å². The number of rotatable bonds is 7. The average molecular weight is 416 g/mol. The van der Waals surface area contributed by atoms with Crippen LogP contribution in [0.25, 0.3) is 0 Å². The second kappa shape index (κ2) is 9.67. The van der Waals surface area contributed by atoms with Gasteiger partial charge >= 0.3 is 5.97 Å². The van der Waals surface area contributed by atoms with E-state index in [1.807, 2.05) is 0 Å². The zero-order chi connectivity index (χ0) is 21.2. The fraction of sp³-hybridized carbons (Fsp3) is 0.933. The Morgan fingerprint density at radius 2 is 1.36 bits per heavy atom. The van der Waals surface area contributed by atoms with Gasteiger partial charge in [0.1, 0.15) is 67.6 Å². The van der Waals surface area contributed by atoms with Crippen LogP contribution in [0, 0.1) is 0 Å². The molecule has 0 aromatic rings. The highest BCUT2D eigenvalue weighted by Crippen LogP contribution is 2.32. The maximum absolute atomic E-state index is 15.1. The fourth-order valence-electron chi connectivity index (χ4n) is 3.32. The fourth-order valence-corrected chi connectivity index (χ4v) is 3.32. The van der Waals surface area contributed by atoms with Crippen molar-refractivity contribution in [1.82, 2.24) is 0 Å². The van der Waals surface area contributed by atoms with Gasteiger partial charge < -0.3 is 55.1 Å². The molecule has 0 aromatic heterocycles. The third-order valence-electron chi connectivity index (χ3n) is 4.86. The molecule has 0 spiro atoms. The SMILES string of the molecule is O=C(O)CO[C@@H]1[C@@H](O)[C@H]([C@H](F)[C@H]2O[C@H](CO)[C@@H](O)[C@H](O)[C@@H]2O)O[C@H](CO)[C@@H]1O. The molecule has 164 valence electrons. The highest BCUT2D eigenvalue weighted by Gasteiger charge is 2.54. The van der Waals surface area contributed by atoms with E-state index in [1.165, 1.54) is 0 Å². The van der Waals surface area contributed by atoms with Gasteiger partial charge in [0.15, 0.2) is 6.17 Å². The molecule has 28 heavy (non-hydrogen) atoms. The summed E-state index contributed by atoms with van der Waals surface area (Å²) >= 11 is 0. The van der Waals surface area contributed by atoms with E-state index in [-0.39, 0.29) is 0 Å². The topological polar surface area (TPSA) is 207 Å². The number of alkyl halides is 1. The predicted octanol–water partition coefficient (Wildman–Crippen LogP) is -4.88. The number of halogens is 1. The Labute approximate surface area is 158 Å². The van der Waals surface area contributed by atoms with Crippen LogP contribution in [0.3, 0.4) is 0 Å². The summed E-state index contributed by atoms with van der Waals surface area (Å²) in [5.41, 5.74) is 0. The van der Waals surface area contributed by atoms with E-state index < -0.39 is 93.0 Å². The van der Waals surface area contributed by atoms with Gasteiger partial charge in [0.2, 0.25) is 0 Å². The first kappa shape index (κ1) is 23.3. The number of carbonyl (C=O) groups is 1. The Bertz CT molecular complexity index is 521. The highest BCUT2D eigenvalue weighted by atomic mass is 19.1. The second-order valence-electron chi connectivity index (χ2n) is 6.71. The summed E-state index contributed by atoms with van der Waals surface area (Å²) < 4.78 is 30.2. The lowest BCUT2D eigenvalue weighted by Crippen LogP contribution is -2.67. The number of ether oxygens (including phenoxy) is 3. The minimum absolute atomic E-state index is 0.801. The monoisotopic (exact) mass is 416 g/mol. The molecule has 0 aliphatic carbocycles. The lowest BCUT2D eigenvalue weighted by atomic mass is 9.86. The molecule has 2 aliphatic heterocycles. The van der Waals surface area contributed by atoms with Crippen LogP contribution in [0.1, 0.15) is 0 Å². The summed E-state index contributed by atoms with van der Waals surface area (Å²) in [4.78, 5) is 10.7. The molecule has 2 heterocycles. The minimum atomic E-state index is -2.38. The van der Waals surface area contributed by atoms with Crippen molar-refractivity contribution in [2.75, 3.05) is 19.8 Å². The number of aliphatic carboxylic acids is 1. The standard InChI is InChI=1S/C15H25FO12/c16-7(13-11(24)10(23)8(21)4(1-17)27-13)14-12(25)15(26-3-6(19)20)9(22)5(2-18)28-14/h4-5,7-15,17-18,21-25H,1-3H2,(H,19,20)/t4-,5-,7-,8-,9+,10+,11+,12+,13-,14+,15+/m1/s1. The Morgan fingerprint density at radius 3 is 1.86 bits per heavy atom. The van der Waals surface area contributed by atoms with Gasteiger partial charge in [-0.05, 0) is 0 Å². The molecule has 12 nitrogen and oxygen atoms in total. The Kier molecular flexibility index (Phi) is 8.04. The summed E-state index contributed by atoms with van der Waals surface area (Å²) in [6, 6.07) is 0. The quantitative estimate of drug-likeness (QED) is 0.197. The van der Waals surface area contributed by atoms with Gasteiger partial charge in [0.25, 0.3) is 0 Å². The molecule has 0 aromatic carbocycles. The van der Waals surface area contributed by atoms with Crippen molar-refractivity contribution in [2.45, 2.75) is 67.2 Å². The lowest BCUT2D eigenvalue weighted by molar-refractivity contribution is -0.286. The van der Waals surface area contributed by atoms with Crippen LogP contribution in [0.2, 0.25) is 0 Å². The smallest absolute Gasteiger partial charge is 0.329 e. The number of aliphatic hydroxyl groups excluding tert-OH is 7. The highest BCUT2D eigenvalue weighted by molar-refractivity contribution is 5.68. The molecule has 0 radical (unpaired) electrons. The molecule has 13 heteroatoms. The van der Waals surface area contributed by atoms with Gasteiger partial charge in [-0.25, -0.2) is 9.18 Å². The van der Waals surface area contributed by atoms with E-state index in [4.69, 9.17) is 19.3 Å². The zero-order valence-electron chi connectivity index (χ0n) is 14.6. The number of aliphatic hydroxyl groups is 7. The molecule has 0 unspecified atom stereocenters. The minimum Gasteiger partial charge on any atom is -0.480 e. The summed E-state index contributed by atoms with van der Waals surface area (Å²) in [5, 5.41) is 77.2. The van der Waals surface area contributed by atoms with Crippen LogP contribution in [0.5, 0.6) is 0 Å². The molecule has 0 bridgehead atoms. The van der Waals surface area contributed by atoms with Crippen molar-refractivity contribution < 1.29 is 64.2 Å². The number of carboxylic acid groups (broad SMARTS) is 1. The van der Waals surface area contributed by atoms with Crippen molar-refractivity contribution in [3.8, 4) is 0 Å². The molecule has 2 fully saturated rings. The zero-order valence-corrected chi connectivity index (χ0v) is 14.6. The Morgan fingerprint density at radius 1 is 0.857 bits per heavy atom. The van der Waals surface area contributed by atoms with Crippen molar-refractivity contribution in [3.63, 3.8) is 0 Å². The molecular weight excluding hydrogens is 391 g/mol. The molecule has 2 saturated heterocycles. The van der Waals surface area contributed by atoms with Crippen molar-refractivity contribution in [2.24, 2.45) is 0 Å². The van der Waals surface area contributed by atoms with Crippen LogP contribution in [0.15, 0.2) is 0 Å². The first-order valence-corrected chi connectivity index (χ1v) is 8.54. The third-order valence-corrected chi connectivity index (χ3v) is 4.86. The normalized spacial score (nSPS) is 45.6. The maximum atomic E-state index is 15.1. The van der Waals surface area contributed by atoms with Crippen molar-refractivity contribution in [1.29, 1.82) is 0 Å². The molecule has 2 aliphatic rings.